The second-order valence-corrected chi connectivity index (χ2v) is 3.96. The van der Waals surface area contributed by atoms with Gasteiger partial charge in [-0.1, -0.05) is 13.8 Å². The van der Waals surface area contributed by atoms with Gasteiger partial charge >= 0.3 is 0 Å². The highest BCUT2D eigenvalue weighted by Crippen LogP contribution is 2.30. The first-order chi connectivity index (χ1) is 5.17. The maximum absolute atomic E-state index is 10.7. The number of aldehydes is 1. The van der Waals surface area contributed by atoms with Gasteiger partial charge in [-0.2, -0.15) is 0 Å². The lowest BCUT2D eigenvalue weighted by Gasteiger charge is -2.32. The summed E-state index contributed by atoms with van der Waals surface area (Å²) in [5.41, 5.74) is -0.109. The quantitative estimate of drug-likeness (QED) is 0.607. The minimum absolute atomic E-state index is 0.109. The van der Waals surface area contributed by atoms with Crippen LogP contribution in [0.4, 0.5) is 0 Å². The maximum Gasteiger partial charge on any atom is 0.125 e. The monoisotopic (exact) mass is 155 g/mol. The molecule has 1 fully saturated rings. The van der Waals surface area contributed by atoms with E-state index in [4.69, 9.17) is 0 Å². The second-order valence-electron chi connectivity index (χ2n) is 3.96. The van der Waals surface area contributed by atoms with Crippen molar-refractivity contribution in [2.24, 2.45) is 11.3 Å². The fourth-order valence-corrected chi connectivity index (χ4v) is 1.66. The van der Waals surface area contributed by atoms with Gasteiger partial charge in [-0.25, -0.2) is 0 Å². The van der Waals surface area contributed by atoms with Gasteiger partial charge in [-0.05, 0) is 31.8 Å². The summed E-state index contributed by atoms with van der Waals surface area (Å²) in [4.78, 5) is 10.7. The molecule has 0 amide bonds. The van der Waals surface area contributed by atoms with Crippen molar-refractivity contribution in [3.63, 3.8) is 0 Å². The fourth-order valence-electron chi connectivity index (χ4n) is 1.66. The lowest BCUT2D eigenvalue weighted by Crippen LogP contribution is -2.36. The Labute approximate surface area is 68.4 Å². The van der Waals surface area contributed by atoms with Gasteiger partial charge in [0.15, 0.2) is 0 Å². The molecule has 0 unspecified atom stereocenters. The summed E-state index contributed by atoms with van der Waals surface area (Å²) in [6, 6.07) is 0. The van der Waals surface area contributed by atoms with E-state index in [2.05, 4.69) is 5.32 Å². The third-order valence-electron chi connectivity index (χ3n) is 2.70. The topological polar surface area (TPSA) is 29.1 Å². The highest BCUT2D eigenvalue weighted by atomic mass is 16.1. The zero-order valence-corrected chi connectivity index (χ0v) is 7.39. The summed E-state index contributed by atoms with van der Waals surface area (Å²) < 4.78 is 0. The van der Waals surface area contributed by atoms with Crippen LogP contribution >= 0.6 is 0 Å². The molecule has 64 valence electrons. The van der Waals surface area contributed by atoms with E-state index in [9.17, 15) is 4.79 Å². The maximum atomic E-state index is 10.7. The van der Waals surface area contributed by atoms with Gasteiger partial charge in [0.25, 0.3) is 0 Å². The molecular weight excluding hydrogens is 138 g/mol. The normalized spacial score (nSPS) is 21.6. The summed E-state index contributed by atoms with van der Waals surface area (Å²) in [5.74, 6) is 0.584. The van der Waals surface area contributed by atoms with Gasteiger partial charge in [0.05, 0.1) is 0 Å². The summed E-state index contributed by atoms with van der Waals surface area (Å²) in [6.45, 7) is 6.22. The van der Waals surface area contributed by atoms with E-state index in [1.807, 2.05) is 13.8 Å². The molecule has 2 nitrogen and oxygen atoms in total. The van der Waals surface area contributed by atoms with E-state index < -0.39 is 0 Å². The molecule has 0 bridgehead atoms. The molecule has 0 atom stereocenters. The molecule has 1 rings (SSSR count). The molecule has 0 saturated carbocycles. The molecule has 2 heteroatoms. The molecule has 0 aromatic rings. The number of carbonyl (C=O) groups is 1. The number of piperidine rings is 1. The van der Waals surface area contributed by atoms with Crippen LogP contribution in [0.3, 0.4) is 0 Å². The van der Waals surface area contributed by atoms with Gasteiger partial charge < -0.3 is 10.1 Å². The molecule has 1 aliphatic rings. The summed E-state index contributed by atoms with van der Waals surface area (Å²) in [5, 5.41) is 3.29. The first-order valence-corrected chi connectivity index (χ1v) is 4.34. The van der Waals surface area contributed by atoms with Gasteiger partial charge in [0.1, 0.15) is 6.29 Å². The fraction of sp³-hybridized carbons (Fsp3) is 0.889. The average Bonchev–Trinajstić information content (AvgIpc) is 2.06. The molecule has 11 heavy (non-hydrogen) atoms. The molecule has 1 saturated heterocycles. The van der Waals surface area contributed by atoms with Crippen LogP contribution in [0.2, 0.25) is 0 Å². The Morgan fingerprint density at radius 3 is 2.36 bits per heavy atom. The van der Waals surface area contributed by atoms with Gasteiger partial charge in [0.2, 0.25) is 0 Å². The van der Waals surface area contributed by atoms with Crippen molar-refractivity contribution in [2.75, 3.05) is 13.1 Å². The number of hydrogen-bond acceptors (Lipinski definition) is 2. The first-order valence-electron chi connectivity index (χ1n) is 4.34. The van der Waals surface area contributed by atoms with E-state index in [1.165, 1.54) is 0 Å². The van der Waals surface area contributed by atoms with Crippen molar-refractivity contribution in [3.8, 4) is 0 Å². The van der Waals surface area contributed by atoms with Gasteiger partial charge in [0, 0.05) is 5.41 Å². The van der Waals surface area contributed by atoms with Crippen molar-refractivity contribution in [1.82, 2.24) is 5.32 Å². The Balaban J connectivity index is 2.50. The van der Waals surface area contributed by atoms with Crippen molar-refractivity contribution in [2.45, 2.75) is 26.7 Å². The molecule has 0 aromatic heterocycles. The van der Waals surface area contributed by atoms with E-state index in [0.717, 1.165) is 32.2 Å². The van der Waals surface area contributed by atoms with Crippen LogP contribution in [-0.2, 0) is 4.79 Å². The number of carbonyl (C=O) groups excluding carboxylic acids is 1. The Bertz CT molecular complexity index is 136. The third kappa shape index (κ3) is 2.03. The first kappa shape index (κ1) is 8.72. The molecule has 1 N–H and O–H groups in total. The van der Waals surface area contributed by atoms with Crippen LogP contribution in [0.25, 0.3) is 0 Å². The Morgan fingerprint density at radius 1 is 1.36 bits per heavy atom. The SMILES string of the molecule is CC(C)(C=O)C1CCNCC1. The van der Waals surface area contributed by atoms with Crippen LogP contribution in [-0.4, -0.2) is 19.4 Å². The lowest BCUT2D eigenvalue weighted by atomic mass is 9.75. The van der Waals surface area contributed by atoms with Gasteiger partial charge in [-0.3, -0.25) is 0 Å². The van der Waals surface area contributed by atoms with E-state index >= 15 is 0 Å². The molecule has 0 spiro atoms. The Kier molecular flexibility index (Phi) is 2.66. The third-order valence-corrected chi connectivity index (χ3v) is 2.70. The highest BCUT2D eigenvalue weighted by molar-refractivity contribution is 5.58. The van der Waals surface area contributed by atoms with Crippen molar-refractivity contribution >= 4 is 6.29 Å². The molecule has 1 aliphatic heterocycles. The van der Waals surface area contributed by atoms with Crippen LogP contribution in [0, 0.1) is 11.3 Å². The second kappa shape index (κ2) is 3.35. The molecular formula is C9H17NO. The van der Waals surface area contributed by atoms with Crippen molar-refractivity contribution < 1.29 is 4.79 Å². The summed E-state index contributed by atoms with van der Waals surface area (Å²) >= 11 is 0. The van der Waals surface area contributed by atoms with Crippen LogP contribution in [0.1, 0.15) is 26.7 Å². The Morgan fingerprint density at radius 2 is 1.91 bits per heavy atom. The Hall–Kier alpha value is -0.370. The van der Waals surface area contributed by atoms with Crippen LogP contribution in [0.15, 0.2) is 0 Å². The largest absolute Gasteiger partial charge is 0.317 e. The highest BCUT2D eigenvalue weighted by Gasteiger charge is 2.29. The van der Waals surface area contributed by atoms with Gasteiger partial charge in [-0.15, -0.1) is 0 Å². The van der Waals surface area contributed by atoms with E-state index in [0.29, 0.717) is 5.92 Å². The number of rotatable bonds is 2. The van der Waals surface area contributed by atoms with Crippen molar-refractivity contribution in [1.29, 1.82) is 0 Å². The minimum Gasteiger partial charge on any atom is -0.317 e. The zero-order valence-electron chi connectivity index (χ0n) is 7.39. The molecule has 0 aliphatic carbocycles. The predicted octanol–water partition coefficient (Wildman–Crippen LogP) is 1.21. The van der Waals surface area contributed by atoms with E-state index in [-0.39, 0.29) is 5.41 Å². The number of hydrogen-bond donors (Lipinski definition) is 1. The summed E-state index contributed by atoms with van der Waals surface area (Å²) in [7, 11) is 0. The molecule has 0 aromatic carbocycles. The molecule has 0 radical (unpaired) electrons. The molecule has 1 heterocycles. The minimum atomic E-state index is -0.109. The zero-order chi connectivity index (χ0) is 8.32. The smallest absolute Gasteiger partial charge is 0.125 e. The number of nitrogens with one attached hydrogen (secondary N) is 1. The van der Waals surface area contributed by atoms with Crippen LogP contribution < -0.4 is 5.32 Å². The van der Waals surface area contributed by atoms with E-state index in [1.54, 1.807) is 0 Å². The average molecular weight is 155 g/mol. The standard InChI is InChI=1S/C9H17NO/c1-9(2,7-11)8-3-5-10-6-4-8/h7-8,10H,3-6H2,1-2H3. The van der Waals surface area contributed by atoms with Crippen LogP contribution in [0.5, 0.6) is 0 Å². The summed E-state index contributed by atoms with van der Waals surface area (Å²) in [6.07, 6.45) is 3.39. The van der Waals surface area contributed by atoms with Crippen molar-refractivity contribution in [3.05, 3.63) is 0 Å². The predicted molar refractivity (Wildman–Crippen MR) is 45.4 cm³/mol. The lowest BCUT2D eigenvalue weighted by molar-refractivity contribution is -0.117.